The fourth-order valence-corrected chi connectivity index (χ4v) is 5.98. The Bertz CT molecular complexity index is 1940. The molecule has 1 unspecified atom stereocenters. The Hall–Kier alpha value is -5.13. The third-order valence-electron chi connectivity index (χ3n) is 6.85. The molecule has 5 rings (SSSR count). The predicted molar refractivity (Wildman–Crippen MR) is 186 cm³/mol. The number of thioether (sulfide) groups is 1. The molecule has 3 N–H and O–H groups in total. The molecule has 0 spiro atoms. The van der Waals surface area contributed by atoms with Crippen LogP contribution < -0.4 is 16.0 Å². The van der Waals surface area contributed by atoms with Crippen LogP contribution in [0.1, 0.15) is 32.3 Å². The second-order valence-corrected chi connectivity index (χ2v) is 12.5. The van der Waals surface area contributed by atoms with E-state index in [0.717, 1.165) is 16.6 Å². The fourth-order valence-electron chi connectivity index (χ4n) is 4.54. The van der Waals surface area contributed by atoms with Crippen molar-refractivity contribution in [1.29, 1.82) is 0 Å². The summed E-state index contributed by atoms with van der Waals surface area (Å²) in [5.41, 5.74) is 1.35. The minimum absolute atomic E-state index is 0.0239. The number of carbonyl (C=O) groups excluding carboxylic acids is 3. The van der Waals surface area contributed by atoms with Crippen molar-refractivity contribution in [2.24, 2.45) is 0 Å². The monoisotopic (exact) mass is 729 g/mol. The van der Waals surface area contributed by atoms with E-state index in [-0.39, 0.29) is 11.4 Å². The van der Waals surface area contributed by atoms with E-state index in [1.54, 1.807) is 103 Å². The van der Waals surface area contributed by atoms with Crippen LogP contribution in [0.25, 0.3) is 6.08 Å². The molecule has 0 heterocycles. The first kappa shape index (κ1) is 34.2. The van der Waals surface area contributed by atoms with Crippen molar-refractivity contribution in [3.05, 3.63) is 166 Å². The molecule has 6 nitrogen and oxygen atoms in total. The molecule has 5 aromatic rings. The number of benzene rings is 5. The Balaban J connectivity index is 1.33. The lowest BCUT2D eigenvalue weighted by Gasteiger charge is -2.18. The first-order valence-corrected chi connectivity index (χ1v) is 16.2. The zero-order chi connectivity index (χ0) is 34.1. The lowest BCUT2D eigenvalue weighted by Crippen LogP contribution is -2.30. The van der Waals surface area contributed by atoms with Gasteiger partial charge in [-0.2, -0.15) is 13.2 Å². The quantitative estimate of drug-likeness (QED) is 0.0988. The van der Waals surface area contributed by atoms with Crippen molar-refractivity contribution >= 4 is 62.9 Å². The highest BCUT2D eigenvalue weighted by molar-refractivity contribution is 9.10. The first-order valence-electron chi connectivity index (χ1n) is 14.5. The van der Waals surface area contributed by atoms with E-state index in [4.69, 9.17) is 0 Å². The first-order chi connectivity index (χ1) is 23.0. The number of halogens is 4. The summed E-state index contributed by atoms with van der Waals surface area (Å²) < 4.78 is 40.5. The van der Waals surface area contributed by atoms with E-state index in [0.29, 0.717) is 27.3 Å². The van der Waals surface area contributed by atoms with Crippen LogP contribution in [0.3, 0.4) is 0 Å². The Kier molecular flexibility index (Phi) is 11.1. The lowest BCUT2D eigenvalue weighted by atomic mass is 10.1. The van der Waals surface area contributed by atoms with E-state index in [2.05, 4.69) is 31.9 Å². The predicted octanol–water partition coefficient (Wildman–Crippen LogP) is 9.35. The average Bonchev–Trinajstić information content (AvgIpc) is 3.08. The van der Waals surface area contributed by atoms with Gasteiger partial charge in [0.2, 0.25) is 5.91 Å². The Morgan fingerprint density at radius 2 is 1.38 bits per heavy atom. The lowest BCUT2D eigenvalue weighted by molar-refractivity contribution is -0.137. The van der Waals surface area contributed by atoms with Crippen molar-refractivity contribution in [2.45, 2.75) is 16.3 Å². The number of hydrogen-bond donors (Lipinski definition) is 3. The summed E-state index contributed by atoms with van der Waals surface area (Å²) in [4.78, 5) is 40.5. The van der Waals surface area contributed by atoms with Crippen LogP contribution in [0.15, 0.2) is 149 Å². The smallest absolute Gasteiger partial charge is 0.325 e. The molecule has 0 aliphatic rings. The molecule has 1 atom stereocenters. The molecule has 0 bridgehead atoms. The van der Waals surface area contributed by atoms with Crippen LogP contribution in [0.4, 0.5) is 24.5 Å². The molecule has 11 heteroatoms. The third-order valence-corrected chi connectivity index (χ3v) is 8.61. The number of hydrogen-bond acceptors (Lipinski definition) is 4. The highest BCUT2D eigenvalue weighted by Crippen LogP contribution is 2.37. The van der Waals surface area contributed by atoms with E-state index < -0.39 is 34.7 Å². The van der Waals surface area contributed by atoms with E-state index in [1.165, 1.54) is 23.9 Å². The molecule has 242 valence electrons. The fraction of sp³-hybridized carbons (Fsp3) is 0.0541. The van der Waals surface area contributed by atoms with Gasteiger partial charge in [0, 0.05) is 26.3 Å². The summed E-state index contributed by atoms with van der Waals surface area (Å²) in [7, 11) is 0. The highest BCUT2D eigenvalue weighted by Gasteiger charge is 2.31. The van der Waals surface area contributed by atoms with Gasteiger partial charge in [-0.1, -0.05) is 82.7 Å². The van der Waals surface area contributed by atoms with Gasteiger partial charge in [0.05, 0.1) is 5.56 Å². The molecule has 0 fully saturated rings. The summed E-state index contributed by atoms with van der Waals surface area (Å²) in [6.07, 6.45) is -2.98. The molecule has 0 aromatic heterocycles. The van der Waals surface area contributed by atoms with Crippen LogP contribution in [-0.2, 0) is 15.8 Å². The van der Waals surface area contributed by atoms with Crippen LogP contribution >= 0.6 is 27.7 Å². The average molecular weight is 731 g/mol. The Morgan fingerprint density at radius 3 is 2.04 bits per heavy atom. The van der Waals surface area contributed by atoms with Crippen LogP contribution in [0.2, 0.25) is 0 Å². The maximum absolute atomic E-state index is 13.4. The van der Waals surface area contributed by atoms with Gasteiger partial charge < -0.3 is 16.0 Å². The van der Waals surface area contributed by atoms with E-state index >= 15 is 0 Å². The molecule has 0 radical (unpaired) electrons. The number of anilines is 2. The molecule has 0 aliphatic heterocycles. The highest BCUT2D eigenvalue weighted by atomic mass is 79.9. The molecule has 0 aliphatic carbocycles. The maximum Gasteiger partial charge on any atom is 0.416 e. The van der Waals surface area contributed by atoms with Gasteiger partial charge in [-0.3, -0.25) is 14.4 Å². The molecular formula is C37H27BrF3N3O3S. The van der Waals surface area contributed by atoms with Crippen LogP contribution in [0, 0.1) is 0 Å². The van der Waals surface area contributed by atoms with Crippen molar-refractivity contribution in [2.75, 3.05) is 10.6 Å². The minimum atomic E-state index is -4.55. The number of carbonyl (C=O) groups is 3. The number of nitrogens with one attached hydrogen (secondary N) is 3. The topological polar surface area (TPSA) is 87.3 Å². The molecule has 48 heavy (non-hydrogen) atoms. The van der Waals surface area contributed by atoms with E-state index in [1.807, 2.05) is 12.1 Å². The molecule has 3 amide bonds. The SMILES string of the molecule is O=C(Nc1ccc(SC(C(=O)Nc2cccc(C(F)(F)F)c2)c2ccccc2)cc1)/C(=C/c1cccc(Br)c1)NC(=O)c1ccccc1. The van der Waals surface area contributed by atoms with Gasteiger partial charge in [-0.15, -0.1) is 11.8 Å². The number of amides is 3. The van der Waals surface area contributed by atoms with Crippen molar-refractivity contribution < 1.29 is 27.6 Å². The summed E-state index contributed by atoms with van der Waals surface area (Å²) in [5, 5.41) is 7.33. The summed E-state index contributed by atoms with van der Waals surface area (Å²) in [5.74, 6) is -1.50. The van der Waals surface area contributed by atoms with Gasteiger partial charge >= 0.3 is 6.18 Å². The van der Waals surface area contributed by atoms with Crippen LogP contribution in [-0.4, -0.2) is 17.7 Å². The third kappa shape index (κ3) is 9.46. The number of alkyl halides is 3. The van der Waals surface area contributed by atoms with Crippen molar-refractivity contribution in [3.63, 3.8) is 0 Å². The second-order valence-electron chi connectivity index (χ2n) is 10.4. The summed E-state index contributed by atoms with van der Waals surface area (Å²) >= 11 is 4.62. The normalized spacial score (nSPS) is 12.1. The van der Waals surface area contributed by atoms with E-state index in [9.17, 15) is 27.6 Å². The number of rotatable bonds is 10. The van der Waals surface area contributed by atoms with Gasteiger partial charge in [0.1, 0.15) is 10.9 Å². The minimum Gasteiger partial charge on any atom is -0.325 e. The molecule has 0 saturated heterocycles. The summed E-state index contributed by atoms with van der Waals surface area (Å²) in [6, 6.07) is 35.9. The van der Waals surface area contributed by atoms with Crippen molar-refractivity contribution in [1.82, 2.24) is 5.32 Å². The summed E-state index contributed by atoms with van der Waals surface area (Å²) in [6.45, 7) is 0. The van der Waals surface area contributed by atoms with Gasteiger partial charge in [-0.25, -0.2) is 0 Å². The van der Waals surface area contributed by atoms with Gasteiger partial charge in [0.25, 0.3) is 11.8 Å². The standard InChI is InChI=1S/C37H27BrF3N3O3S/c38-28-15-7-9-24(21-28)22-32(44-34(45)26-12-5-2-6-13-26)35(46)42-29-17-19-31(20-18-29)48-33(25-10-3-1-4-11-25)36(47)43-30-16-8-14-27(23-30)37(39,40)41/h1-23,33H,(H,42,46)(H,43,47)(H,44,45)/b32-22-. The Labute approximate surface area is 287 Å². The maximum atomic E-state index is 13.4. The van der Waals surface area contributed by atoms with Gasteiger partial charge in [-0.05, 0) is 83.9 Å². The largest absolute Gasteiger partial charge is 0.416 e. The van der Waals surface area contributed by atoms with Crippen LogP contribution in [0.5, 0.6) is 0 Å². The van der Waals surface area contributed by atoms with Gasteiger partial charge in [0.15, 0.2) is 0 Å². The zero-order valence-corrected chi connectivity index (χ0v) is 27.4. The molecule has 5 aromatic carbocycles. The van der Waals surface area contributed by atoms with Crippen molar-refractivity contribution in [3.8, 4) is 0 Å². The molecular weight excluding hydrogens is 703 g/mol. The zero-order valence-electron chi connectivity index (χ0n) is 25.0. The Morgan fingerprint density at radius 1 is 0.708 bits per heavy atom. The molecule has 0 saturated carbocycles. The second kappa shape index (κ2) is 15.6.